The quantitative estimate of drug-likeness (QED) is 0.910. The molecule has 1 heterocycles. The van der Waals surface area contributed by atoms with Gasteiger partial charge in [-0.3, -0.25) is 4.79 Å². The number of rotatable bonds is 4. The topological polar surface area (TPSA) is 47.6 Å². The van der Waals surface area contributed by atoms with Gasteiger partial charge in [0.25, 0.3) is 0 Å². The molecule has 0 bridgehead atoms. The second kappa shape index (κ2) is 6.00. The van der Waals surface area contributed by atoms with Crippen LogP contribution in [0.1, 0.15) is 12.8 Å². The van der Waals surface area contributed by atoms with Crippen molar-refractivity contribution >= 4 is 23.4 Å². The first-order valence-corrected chi connectivity index (χ1v) is 6.94. The van der Waals surface area contributed by atoms with Crippen molar-refractivity contribution in [2.24, 2.45) is 0 Å². The van der Waals surface area contributed by atoms with E-state index in [1.54, 1.807) is 38.1 Å². The van der Waals surface area contributed by atoms with Gasteiger partial charge >= 0.3 is 0 Å². The molecule has 1 unspecified atom stereocenters. The Morgan fingerprint density at radius 1 is 1.33 bits per heavy atom. The van der Waals surface area contributed by atoms with Crippen molar-refractivity contribution in [1.82, 2.24) is 0 Å². The standard InChI is InChI=1S/C13H17NO3S/c1-16-10-6-5-9(8-11(10)17-2)14-13(15)12-4-3-7-18-12/h5-6,8,12H,3-4,7H2,1-2H3,(H,14,15). The summed E-state index contributed by atoms with van der Waals surface area (Å²) >= 11 is 1.72. The van der Waals surface area contributed by atoms with Crippen LogP contribution in [-0.2, 0) is 4.79 Å². The zero-order valence-corrected chi connectivity index (χ0v) is 11.4. The summed E-state index contributed by atoms with van der Waals surface area (Å²) < 4.78 is 10.4. The summed E-state index contributed by atoms with van der Waals surface area (Å²) in [6, 6.07) is 5.38. The third-order valence-corrected chi connectivity index (χ3v) is 4.25. The van der Waals surface area contributed by atoms with Gasteiger partial charge in [0.05, 0.1) is 19.5 Å². The van der Waals surface area contributed by atoms with E-state index in [1.165, 1.54) is 0 Å². The van der Waals surface area contributed by atoms with Gasteiger partial charge in [-0.25, -0.2) is 0 Å². The molecule has 18 heavy (non-hydrogen) atoms. The van der Waals surface area contributed by atoms with E-state index in [0.29, 0.717) is 11.5 Å². The first kappa shape index (κ1) is 13.1. The monoisotopic (exact) mass is 267 g/mol. The first-order chi connectivity index (χ1) is 8.74. The van der Waals surface area contributed by atoms with E-state index >= 15 is 0 Å². The van der Waals surface area contributed by atoms with E-state index in [2.05, 4.69) is 5.32 Å². The Bertz CT molecular complexity index is 430. The van der Waals surface area contributed by atoms with Crippen LogP contribution in [0.15, 0.2) is 18.2 Å². The van der Waals surface area contributed by atoms with Gasteiger partial charge in [0, 0.05) is 11.8 Å². The van der Waals surface area contributed by atoms with Crippen LogP contribution in [0, 0.1) is 0 Å². The van der Waals surface area contributed by atoms with Crippen LogP contribution in [0.4, 0.5) is 5.69 Å². The maximum atomic E-state index is 12.0. The first-order valence-electron chi connectivity index (χ1n) is 5.89. The number of carbonyl (C=O) groups is 1. The Hall–Kier alpha value is -1.36. The van der Waals surface area contributed by atoms with Crippen LogP contribution in [0.5, 0.6) is 11.5 Å². The molecule has 1 aromatic carbocycles. The summed E-state index contributed by atoms with van der Waals surface area (Å²) in [4.78, 5) is 12.0. The number of carbonyl (C=O) groups excluding carboxylic acids is 1. The van der Waals surface area contributed by atoms with Crippen LogP contribution in [0.25, 0.3) is 0 Å². The van der Waals surface area contributed by atoms with Gasteiger partial charge in [-0.15, -0.1) is 11.8 Å². The Morgan fingerprint density at radius 2 is 2.11 bits per heavy atom. The van der Waals surface area contributed by atoms with Crippen molar-refractivity contribution in [2.75, 3.05) is 25.3 Å². The Morgan fingerprint density at radius 3 is 2.72 bits per heavy atom. The summed E-state index contributed by atoms with van der Waals surface area (Å²) in [5.41, 5.74) is 0.741. The van der Waals surface area contributed by atoms with Crippen molar-refractivity contribution in [3.05, 3.63) is 18.2 Å². The minimum absolute atomic E-state index is 0.0738. The molecule has 1 aromatic rings. The van der Waals surface area contributed by atoms with Crippen LogP contribution in [0.2, 0.25) is 0 Å². The molecule has 2 rings (SSSR count). The lowest BCUT2D eigenvalue weighted by atomic mass is 10.2. The third-order valence-electron chi connectivity index (χ3n) is 2.87. The average molecular weight is 267 g/mol. The molecular formula is C13H17NO3S. The highest BCUT2D eigenvalue weighted by Crippen LogP contribution is 2.31. The third kappa shape index (κ3) is 2.90. The van der Waals surface area contributed by atoms with E-state index in [4.69, 9.17) is 9.47 Å². The van der Waals surface area contributed by atoms with E-state index in [9.17, 15) is 4.79 Å². The number of benzene rings is 1. The maximum Gasteiger partial charge on any atom is 0.237 e. The van der Waals surface area contributed by atoms with Gasteiger partial charge in [0.15, 0.2) is 11.5 Å². The highest BCUT2D eigenvalue weighted by Gasteiger charge is 2.23. The molecule has 1 atom stereocenters. The predicted molar refractivity (Wildman–Crippen MR) is 73.7 cm³/mol. The van der Waals surface area contributed by atoms with Gasteiger partial charge in [0.2, 0.25) is 5.91 Å². The lowest BCUT2D eigenvalue weighted by molar-refractivity contribution is -0.115. The number of hydrogen-bond donors (Lipinski definition) is 1. The lowest BCUT2D eigenvalue weighted by Crippen LogP contribution is -2.22. The number of anilines is 1. The minimum atomic E-state index is 0.0738. The summed E-state index contributed by atoms with van der Waals surface area (Å²) in [6.45, 7) is 0. The molecule has 5 heteroatoms. The second-order valence-electron chi connectivity index (χ2n) is 4.06. The van der Waals surface area contributed by atoms with E-state index in [1.807, 2.05) is 6.07 Å². The van der Waals surface area contributed by atoms with E-state index in [-0.39, 0.29) is 11.2 Å². The number of ether oxygens (including phenoxy) is 2. The predicted octanol–water partition coefficient (Wildman–Crippen LogP) is 2.54. The minimum Gasteiger partial charge on any atom is -0.493 e. The normalized spacial score (nSPS) is 18.4. The summed E-state index contributed by atoms with van der Waals surface area (Å²) in [7, 11) is 3.17. The fraction of sp³-hybridized carbons (Fsp3) is 0.462. The largest absolute Gasteiger partial charge is 0.493 e. The van der Waals surface area contributed by atoms with Gasteiger partial charge in [0.1, 0.15) is 0 Å². The zero-order valence-electron chi connectivity index (χ0n) is 10.6. The zero-order chi connectivity index (χ0) is 13.0. The summed E-state index contributed by atoms with van der Waals surface area (Å²) in [5.74, 6) is 2.43. The molecule has 0 aliphatic carbocycles. The molecule has 1 N–H and O–H groups in total. The van der Waals surface area contributed by atoms with Crippen LogP contribution in [0.3, 0.4) is 0 Å². The van der Waals surface area contributed by atoms with Gasteiger partial charge in [-0.05, 0) is 30.7 Å². The SMILES string of the molecule is COc1ccc(NC(=O)C2CCCS2)cc1OC. The number of amides is 1. The molecule has 0 saturated carbocycles. The Labute approximate surface area is 111 Å². The number of methoxy groups -OCH3 is 2. The molecule has 4 nitrogen and oxygen atoms in total. The Balaban J connectivity index is 2.06. The highest BCUT2D eigenvalue weighted by molar-refractivity contribution is 8.00. The van der Waals surface area contributed by atoms with E-state index in [0.717, 1.165) is 24.3 Å². The highest BCUT2D eigenvalue weighted by atomic mass is 32.2. The number of hydrogen-bond acceptors (Lipinski definition) is 4. The molecule has 0 radical (unpaired) electrons. The molecule has 1 fully saturated rings. The molecule has 98 valence electrons. The van der Waals surface area contributed by atoms with Crippen molar-refractivity contribution in [1.29, 1.82) is 0 Å². The van der Waals surface area contributed by atoms with Crippen molar-refractivity contribution in [2.45, 2.75) is 18.1 Å². The summed E-state index contributed by atoms with van der Waals surface area (Å²) in [5, 5.41) is 3.00. The molecular weight excluding hydrogens is 250 g/mol. The molecule has 1 amide bonds. The molecule has 1 aliphatic heterocycles. The van der Waals surface area contributed by atoms with Crippen LogP contribution in [-0.4, -0.2) is 31.1 Å². The van der Waals surface area contributed by atoms with Gasteiger partial charge in [-0.2, -0.15) is 0 Å². The molecule has 1 aliphatic rings. The summed E-state index contributed by atoms with van der Waals surface area (Å²) in [6.07, 6.45) is 2.08. The number of thioether (sulfide) groups is 1. The second-order valence-corrected chi connectivity index (χ2v) is 5.37. The van der Waals surface area contributed by atoms with E-state index < -0.39 is 0 Å². The number of nitrogens with one attached hydrogen (secondary N) is 1. The fourth-order valence-corrected chi connectivity index (χ4v) is 3.08. The van der Waals surface area contributed by atoms with Crippen molar-refractivity contribution < 1.29 is 14.3 Å². The molecule has 0 aromatic heterocycles. The van der Waals surface area contributed by atoms with Crippen molar-refractivity contribution in [3.8, 4) is 11.5 Å². The van der Waals surface area contributed by atoms with Gasteiger partial charge < -0.3 is 14.8 Å². The van der Waals surface area contributed by atoms with Crippen LogP contribution < -0.4 is 14.8 Å². The molecule has 1 saturated heterocycles. The fourth-order valence-electron chi connectivity index (χ4n) is 1.92. The maximum absolute atomic E-state index is 12.0. The smallest absolute Gasteiger partial charge is 0.237 e. The van der Waals surface area contributed by atoms with Crippen LogP contribution >= 0.6 is 11.8 Å². The average Bonchev–Trinajstić information content (AvgIpc) is 2.92. The lowest BCUT2D eigenvalue weighted by Gasteiger charge is -2.12. The van der Waals surface area contributed by atoms with Crippen molar-refractivity contribution in [3.63, 3.8) is 0 Å². The van der Waals surface area contributed by atoms with Gasteiger partial charge in [-0.1, -0.05) is 0 Å². The Kier molecular flexibility index (Phi) is 4.36. The molecule has 0 spiro atoms.